The van der Waals surface area contributed by atoms with E-state index in [1.54, 1.807) is 5.56 Å². The molecule has 92 valence electrons. The molecule has 0 nitrogen and oxygen atoms in total. The molecular weight excluding hydrogens is 227 g/mol. The lowest BCUT2D eigenvalue weighted by atomic mass is 9.72. The molecule has 4 rings (SSSR count). The molecule has 19 heavy (non-hydrogen) atoms. The fraction of sp³-hybridized carbons (Fsp3) is 0.222. The average Bonchev–Trinajstić information content (AvgIpc) is 3.22. The second kappa shape index (κ2) is 3.63. The molecule has 0 radical (unpaired) electrons. The summed E-state index contributed by atoms with van der Waals surface area (Å²) < 4.78 is 0. The Morgan fingerprint density at radius 1 is 1.05 bits per heavy atom. The van der Waals surface area contributed by atoms with Gasteiger partial charge < -0.3 is 0 Å². The van der Waals surface area contributed by atoms with Crippen LogP contribution in [0, 0.1) is 0 Å². The van der Waals surface area contributed by atoms with Crippen LogP contribution in [-0.4, -0.2) is 7.28 Å². The maximum absolute atomic E-state index is 3.90. The number of benzene rings is 2. The van der Waals surface area contributed by atoms with Gasteiger partial charge in [0.25, 0.3) is 0 Å². The van der Waals surface area contributed by atoms with Gasteiger partial charge in [-0.15, -0.1) is 0 Å². The Kier molecular flexibility index (Phi) is 2.12. The molecule has 0 heterocycles. The molecule has 2 aromatic rings. The summed E-state index contributed by atoms with van der Waals surface area (Å²) in [4.78, 5) is 0. The zero-order valence-corrected chi connectivity index (χ0v) is 11.4. The lowest BCUT2D eigenvalue weighted by Gasteiger charge is -2.12. The Balaban J connectivity index is 1.99. The second-order valence-electron chi connectivity index (χ2n) is 5.82. The van der Waals surface area contributed by atoms with Crippen molar-refractivity contribution in [3.63, 3.8) is 0 Å². The SMILES string of the molecule is C=Cc1ccc2c(c1)C1(CC1)c1cc(BC)ccc1-2. The van der Waals surface area contributed by atoms with Gasteiger partial charge in [0.15, 0.2) is 7.28 Å². The molecule has 0 atom stereocenters. The van der Waals surface area contributed by atoms with Crippen LogP contribution in [0.15, 0.2) is 43.0 Å². The highest BCUT2D eigenvalue weighted by atomic mass is 14.5. The molecule has 0 unspecified atom stereocenters. The first-order valence-corrected chi connectivity index (χ1v) is 7.19. The highest BCUT2D eigenvalue weighted by Gasteiger charge is 2.52. The summed E-state index contributed by atoms with van der Waals surface area (Å²) >= 11 is 0. The van der Waals surface area contributed by atoms with Gasteiger partial charge in [-0.2, -0.15) is 0 Å². The lowest BCUT2D eigenvalue weighted by Crippen LogP contribution is -2.13. The van der Waals surface area contributed by atoms with Crippen molar-refractivity contribution in [2.45, 2.75) is 25.1 Å². The zero-order chi connectivity index (χ0) is 13.0. The molecule has 1 heteroatoms. The third kappa shape index (κ3) is 1.36. The molecule has 2 aliphatic rings. The van der Waals surface area contributed by atoms with Gasteiger partial charge in [-0.05, 0) is 40.7 Å². The van der Waals surface area contributed by atoms with E-state index in [1.165, 1.54) is 40.6 Å². The summed E-state index contributed by atoms with van der Waals surface area (Å²) in [5.41, 5.74) is 9.06. The molecule has 0 saturated heterocycles. The van der Waals surface area contributed by atoms with Gasteiger partial charge in [-0.1, -0.05) is 61.3 Å². The molecule has 0 aliphatic heterocycles. The van der Waals surface area contributed by atoms with E-state index >= 15 is 0 Å². The Morgan fingerprint density at radius 3 is 2.37 bits per heavy atom. The van der Waals surface area contributed by atoms with Crippen LogP contribution in [0.5, 0.6) is 0 Å². The van der Waals surface area contributed by atoms with Crippen LogP contribution < -0.4 is 5.46 Å². The van der Waals surface area contributed by atoms with Gasteiger partial charge in [0.05, 0.1) is 0 Å². The number of hydrogen-bond acceptors (Lipinski definition) is 0. The quantitative estimate of drug-likeness (QED) is 0.709. The maximum atomic E-state index is 3.90. The predicted molar refractivity (Wildman–Crippen MR) is 84.6 cm³/mol. The van der Waals surface area contributed by atoms with Gasteiger partial charge in [-0.25, -0.2) is 0 Å². The topological polar surface area (TPSA) is 0 Å². The summed E-state index contributed by atoms with van der Waals surface area (Å²) in [7, 11) is 1.12. The van der Waals surface area contributed by atoms with E-state index in [1.807, 2.05) is 6.08 Å². The summed E-state index contributed by atoms with van der Waals surface area (Å²) in [6.07, 6.45) is 4.57. The van der Waals surface area contributed by atoms with Crippen LogP contribution in [-0.2, 0) is 5.41 Å². The normalized spacial score (nSPS) is 16.9. The van der Waals surface area contributed by atoms with E-state index in [2.05, 4.69) is 49.8 Å². The highest BCUT2D eigenvalue weighted by molar-refractivity contribution is 6.52. The standard InChI is InChI=1S/C18H17B/c1-3-12-4-6-14-15-7-5-13(19-2)11-17(15)18(8-9-18)16(14)10-12/h3-7,10-11,19H,1,8-9H2,2H3. The first kappa shape index (κ1) is 11.1. The Labute approximate surface area is 115 Å². The minimum absolute atomic E-state index is 0.342. The molecule has 1 saturated carbocycles. The summed E-state index contributed by atoms with van der Waals surface area (Å²) in [6, 6.07) is 13.9. The van der Waals surface area contributed by atoms with Crippen LogP contribution in [0.25, 0.3) is 17.2 Å². The van der Waals surface area contributed by atoms with E-state index < -0.39 is 0 Å². The minimum atomic E-state index is 0.342. The van der Waals surface area contributed by atoms with Crippen molar-refractivity contribution < 1.29 is 0 Å². The van der Waals surface area contributed by atoms with Crippen LogP contribution in [0.3, 0.4) is 0 Å². The van der Waals surface area contributed by atoms with Crippen LogP contribution >= 0.6 is 0 Å². The van der Waals surface area contributed by atoms with E-state index in [0.717, 1.165) is 7.28 Å². The van der Waals surface area contributed by atoms with Gasteiger partial charge in [0, 0.05) is 5.41 Å². The molecule has 0 amide bonds. The van der Waals surface area contributed by atoms with E-state index in [-0.39, 0.29) is 0 Å². The third-order valence-electron chi connectivity index (χ3n) is 4.84. The predicted octanol–water partition coefficient (Wildman–Crippen LogP) is 3.50. The lowest BCUT2D eigenvalue weighted by molar-refractivity contribution is 0.880. The molecule has 0 aromatic heterocycles. The van der Waals surface area contributed by atoms with Crippen molar-refractivity contribution in [2.75, 3.05) is 0 Å². The zero-order valence-electron chi connectivity index (χ0n) is 11.4. The molecule has 0 bridgehead atoms. The molecule has 0 N–H and O–H groups in total. The van der Waals surface area contributed by atoms with Crippen LogP contribution in [0.4, 0.5) is 0 Å². The van der Waals surface area contributed by atoms with E-state index in [9.17, 15) is 0 Å². The van der Waals surface area contributed by atoms with Crippen molar-refractivity contribution in [2.24, 2.45) is 0 Å². The van der Waals surface area contributed by atoms with Crippen molar-refractivity contribution in [1.82, 2.24) is 0 Å². The smallest absolute Gasteiger partial charge is 0.0985 e. The molecule has 2 aliphatic carbocycles. The van der Waals surface area contributed by atoms with Gasteiger partial charge in [-0.3, -0.25) is 0 Å². The number of fused-ring (bicyclic) bond motifs is 5. The fourth-order valence-corrected chi connectivity index (χ4v) is 3.57. The first-order chi connectivity index (χ1) is 9.28. The third-order valence-corrected chi connectivity index (χ3v) is 4.84. The molecule has 2 aromatic carbocycles. The van der Waals surface area contributed by atoms with Crippen molar-refractivity contribution in [1.29, 1.82) is 0 Å². The summed E-state index contributed by atoms with van der Waals surface area (Å²) in [6.45, 7) is 6.14. The fourth-order valence-electron chi connectivity index (χ4n) is 3.57. The van der Waals surface area contributed by atoms with E-state index in [4.69, 9.17) is 0 Å². The minimum Gasteiger partial charge on any atom is -0.0985 e. The second-order valence-corrected chi connectivity index (χ2v) is 5.82. The van der Waals surface area contributed by atoms with Crippen LogP contribution in [0.1, 0.15) is 29.5 Å². The molecular formula is C18H17B. The van der Waals surface area contributed by atoms with Crippen molar-refractivity contribution in [3.05, 3.63) is 59.7 Å². The Hall–Kier alpha value is -1.76. The molecule has 1 spiro atoms. The summed E-state index contributed by atoms with van der Waals surface area (Å²) in [5.74, 6) is 0. The first-order valence-electron chi connectivity index (χ1n) is 7.19. The summed E-state index contributed by atoms with van der Waals surface area (Å²) in [5, 5.41) is 0. The molecule has 1 fully saturated rings. The Bertz CT molecular complexity index is 693. The van der Waals surface area contributed by atoms with Gasteiger partial charge >= 0.3 is 0 Å². The van der Waals surface area contributed by atoms with Crippen molar-refractivity contribution in [3.8, 4) is 11.1 Å². The van der Waals surface area contributed by atoms with Gasteiger partial charge in [0.2, 0.25) is 0 Å². The van der Waals surface area contributed by atoms with Crippen molar-refractivity contribution >= 4 is 18.8 Å². The monoisotopic (exact) mass is 244 g/mol. The largest absolute Gasteiger partial charge is 0.154 e. The van der Waals surface area contributed by atoms with Crippen LogP contribution in [0.2, 0.25) is 6.82 Å². The number of rotatable bonds is 2. The average molecular weight is 244 g/mol. The highest BCUT2D eigenvalue weighted by Crippen LogP contribution is 2.62. The van der Waals surface area contributed by atoms with E-state index in [0.29, 0.717) is 5.41 Å². The Morgan fingerprint density at radius 2 is 1.74 bits per heavy atom. The number of hydrogen-bond donors (Lipinski definition) is 0. The maximum Gasteiger partial charge on any atom is 0.154 e. The van der Waals surface area contributed by atoms with Gasteiger partial charge in [0.1, 0.15) is 0 Å².